The molecule has 5 heteroatoms. The second-order valence-electron chi connectivity index (χ2n) is 4.01. The number of aromatic nitrogens is 4. The second-order valence-corrected chi connectivity index (χ2v) is 5.87. The molecule has 0 saturated carbocycles. The maximum atomic E-state index is 4.61. The van der Waals surface area contributed by atoms with Crippen molar-refractivity contribution in [1.82, 2.24) is 20.2 Å². The molecule has 4 nitrogen and oxygen atoms in total. The van der Waals surface area contributed by atoms with Crippen LogP contribution >= 0.6 is 22.6 Å². The molecule has 1 atom stereocenters. The van der Waals surface area contributed by atoms with Gasteiger partial charge in [0.2, 0.25) is 0 Å². The summed E-state index contributed by atoms with van der Waals surface area (Å²) in [7, 11) is 0. The molecule has 2 rings (SSSR count). The van der Waals surface area contributed by atoms with E-state index < -0.39 is 0 Å². The molecule has 0 unspecified atom stereocenters. The molecule has 2 aromatic rings. The number of rotatable bonds is 2. The van der Waals surface area contributed by atoms with E-state index in [2.05, 4.69) is 63.5 Å². The summed E-state index contributed by atoms with van der Waals surface area (Å²) in [6.07, 6.45) is 1.68. The Morgan fingerprint density at radius 2 is 1.94 bits per heavy atom. The largest absolute Gasteiger partial charge is 0.236 e. The molecular formula is C11H13IN4. The van der Waals surface area contributed by atoms with E-state index in [1.54, 1.807) is 6.20 Å². The molecule has 0 saturated heterocycles. The Hall–Kier alpha value is -0.850. The summed E-state index contributed by atoms with van der Waals surface area (Å²) in [5.41, 5.74) is 1.74. The van der Waals surface area contributed by atoms with Gasteiger partial charge in [0, 0.05) is 11.3 Å². The summed E-state index contributed by atoms with van der Waals surface area (Å²) >= 11 is 2.36. The molecule has 0 N–H and O–H groups in total. The van der Waals surface area contributed by atoms with Crippen molar-refractivity contribution >= 4 is 33.6 Å². The highest BCUT2D eigenvalue weighted by molar-refractivity contribution is 14.1. The van der Waals surface area contributed by atoms with Crippen LogP contribution in [0, 0.1) is 0 Å². The van der Waals surface area contributed by atoms with Crippen molar-refractivity contribution in [3.8, 4) is 0 Å². The van der Waals surface area contributed by atoms with E-state index >= 15 is 0 Å². The van der Waals surface area contributed by atoms with Crippen molar-refractivity contribution in [2.45, 2.75) is 30.6 Å². The van der Waals surface area contributed by atoms with Gasteiger partial charge in [-0.2, -0.15) is 5.10 Å². The Kier molecular flexibility index (Phi) is 3.32. The molecule has 0 spiro atoms. The molecule has 0 fully saturated rings. The zero-order valence-electron chi connectivity index (χ0n) is 9.48. The Labute approximate surface area is 108 Å². The summed E-state index contributed by atoms with van der Waals surface area (Å²) in [4.78, 5) is 9.04. The SMILES string of the molecule is CC(C)c1nc([C@@H](C)I)c2ccnnc2n1. The number of hydrogen-bond acceptors (Lipinski definition) is 4. The van der Waals surface area contributed by atoms with E-state index in [4.69, 9.17) is 0 Å². The van der Waals surface area contributed by atoms with E-state index in [1.165, 1.54) is 0 Å². The predicted octanol–water partition coefficient (Wildman–Crippen LogP) is 3.04. The van der Waals surface area contributed by atoms with Crippen LogP contribution in [0.15, 0.2) is 12.3 Å². The van der Waals surface area contributed by atoms with Crippen molar-refractivity contribution in [2.75, 3.05) is 0 Å². The quantitative estimate of drug-likeness (QED) is 0.628. The number of halogens is 1. The highest BCUT2D eigenvalue weighted by Gasteiger charge is 2.14. The zero-order valence-corrected chi connectivity index (χ0v) is 11.6. The number of nitrogens with zero attached hydrogens (tertiary/aromatic N) is 4. The normalized spacial score (nSPS) is 13.3. The van der Waals surface area contributed by atoms with Gasteiger partial charge in [0.15, 0.2) is 5.65 Å². The topological polar surface area (TPSA) is 51.6 Å². The van der Waals surface area contributed by atoms with Crippen LogP contribution in [0.5, 0.6) is 0 Å². The van der Waals surface area contributed by atoms with Gasteiger partial charge in [-0.15, -0.1) is 5.10 Å². The first-order valence-electron chi connectivity index (χ1n) is 5.23. The van der Waals surface area contributed by atoms with E-state index in [9.17, 15) is 0 Å². The van der Waals surface area contributed by atoms with Crippen LogP contribution in [-0.4, -0.2) is 20.2 Å². The minimum atomic E-state index is 0.306. The third kappa shape index (κ3) is 2.14. The van der Waals surface area contributed by atoms with Crippen LogP contribution < -0.4 is 0 Å². The summed E-state index contributed by atoms with van der Waals surface area (Å²) in [5, 5.41) is 8.94. The molecule has 0 aliphatic heterocycles. The smallest absolute Gasteiger partial charge is 0.185 e. The molecule has 0 aromatic carbocycles. The van der Waals surface area contributed by atoms with Gasteiger partial charge in [-0.05, 0) is 13.0 Å². The Morgan fingerprint density at radius 3 is 2.56 bits per heavy atom. The van der Waals surface area contributed by atoms with Gasteiger partial charge in [-0.3, -0.25) is 0 Å². The predicted molar refractivity (Wildman–Crippen MR) is 71.7 cm³/mol. The highest BCUT2D eigenvalue weighted by atomic mass is 127. The third-order valence-electron chi connectivity index (χ3n) is 2.33. The average Bonchev–Trinajstić information content (AvgIpc) is 2.27. The lowest BCUT2D eigenvalue weighted by molar-refractivity contribution is 0.765. The standard InChI is InChI=1S/C11H13IN4/c1-6(2)10-14-9(7(3)12)8-4-5-13-16-11(8)15-10/h4-7H,1-3H3/t7-/m1/s1. The summed E-state index contributed by atoms with van der Waals surface area (Å²) in [5.74, 6) is 1.15. The molecule has 0 aliphatic carbocycles. The molecule has 0 bridgehead atoms. The average molecular weight is 328 g/mol. The fourth-order valence-corrected chi connectivity index (χ4v) is 1.96. The number of hydrogen-bond donors (Lipinski definition) is 0. The summed E-state index contributed by atoms with van der Waals surface area (Å²) in [6, 6.07) is 1.93. The highest BCUT2D eigenvalue weighted by Crippen LogP contribution is 2.27. The molecule has 16 heavy (non-hydrogen) atoms. The van der Waals surface area contributed by atoms with Crippen LogP contribution in [0.1, 0.15) is 42.1 Å². The first-order chi connectivity index (χ1) is 7.59. The van der Waals surface area contributed by atoms with Crippen LogP contribution in [0.25, 0.3) is 11.0 Å². The number of fused-ring (bicyclic) bond motifs is 1. The molecule has 0 aliphatic rings. The Balaban J connectivity index is 2.74. The van der Waals surface area contributed by atoms with Crippen LogP contribution in [0.2, 0.25) is 0 Å². The molecular weight excluding hydrogens is 315 g/mol. The maximum Gasteiger partial charge on any atom is 0.185 e. The van der Waals surface area contributed by atoms with E-state index in [0.717, 1.165) is 16.9 Å². The van der Waals surface area contributed by atoms with Gasteiger partial charge in [0.25, 0.3) is 0 Å². The number of alkyl halides is 1. The van der Waals surface area contributed by atoms with Crippen molar-refractivity contribution in [2.24, 2.45) is 0 Å². The minimum Gasteiger partial charge on any atom is -0.236 e. The van der Waals surface area contributed by atoms with E-state index in [1.807, 2.05) is 6.07 Å². The van der Waals surface area contributed by atoms with Crippen molar-refractivity contribution in [3.05, 3.63) is 23.8 Å². The monoisotopic (exact) mass is 328 g/mol. The van der Waals surface area contributed by atoms with Crippen LogP contribution in [-0.2, 0) is 0 Å². The zero-order chi connectivity index (χ0) is 11.7. The summed E-state index contributed by atoms with van der Waals surface area (Å²) < 4.78 is 0.338. The first kappa shape index (κ1) is 11.6. The molecule has 2 aromatic heterocycles. The molecule has 0 radical (unpaired) electrons. The Bertz CT molecular complexity index is 510. The Morgan fingerprint density at radius 1 is 1.19 bits per heavy atom. The lowest BCUT2D eigenvalue weighted by atomic mass is 10.1. The minimum absolute atomic E-state index is 0.306. The van der Waals surface area contributed by atoms with Gasteiger partial charge in [-0.1, -0.05) is 36.4 Å². The molecule has 0 amide bonds. The van der Waals surface area contributed by atoms with Gasteiger partial charge in [0.05, 0.1) is 15.8 Å². The van der Waals surface area contributed by atoms with Crippen molar-refractivity contribution in [3.63, 3.8) is 0 Å². The first-order valence-corrected chi connectivity index (χ1v) is 6.47. The van der Waals surface area contributed by atoms with E-state index in [-0.39, 0.29) is 0 Å². The lowest BCUT2D eigenvalue weighted by Gasteiger charge is -2.10. The van der Waals surface area contributed by atoms with Gasteiger partial charge < -0.3 is 0 Å². The fraction of sp³-hybridized carbons (Fsp3) is 0.455. The van der Waals surface area contributed by atoms with Crippen molar-refractivity contribution < 1.29 is 0 Å². The molecule has 2 heterocycles. The fourth-order valence-electron chi connectivity index (χ4n) is 1.49. The second kappa shape index (κ2) is 4.57. The molecule has 84 valence electrons. The maximum absolute atomic E-state index is 4.61. The summed E-state index contributed by atoms with van der Waals surface area (Å²) in [6.45, 7) is 6.28. The van der Waals surface area contributed by atoms with Gasteiger partial charge >= 0.3 is 0 Å². The third-order valence-corrected chi connectivity index (χ3v) is 2.92. The lowest BCUT2D eigenvalue weighted by Crippen LogP contribution is -2.04. The van der Waals surface area contributed by atoms with Gasteiger partial charge in [0.1, 0.15) is 5.82 Å². The van der Waals surface area contributed by atoms with E-state index in [0.29, 0.717) is 15.5 Å². The van der Waals surface area contributed by atoms with Crippen LogP contribution in [0.4, 0.5) is 0 Å². The van der Waals surface area contributed by atoms with Gasteiger partial charge in [-0.25, -0.2) is 9.97 Å². The van der Waals surface area contributed by atoms with Crippen molar-refractivity contribution in [1.29, 1.82) is 0 Å². The van der Waals surface area contributed by atoms with Crippen LogP contribution in [0.3, 0.4) is 0 Å².